The summed E-state index contributed by atoms with van der Waals surface area (Å²) in [7, 11) is 0. The zero-order chi connectivity index (χ0) is 22.2. The van der Waals surface area contributed by atoms with Crippen molar-refractivity contribution in [2.45, 2.75) is 39.3 Å². The number of nitrogens with zero attached hydrogens (tertiary/aromatic N) is 2. The molecular weight excluding hydrogens is 400 g/mol. The summed E-state index contributed by atoms with van der Waals surface area (Å²) < 4.78 is 11.7. The van der Waals surface area contributed by atoms with Gasteiger partial charge in [-0.25, -0.2) is 4.99 Å². The molecule has 0 spiro atoms. The summed E-state index contributed by atoms with van der Waals surface area (Å²) in [6, 6.07) is 17.0. The standard InChI is InChI=1S/C26H36N4O2/c1-3-27-26(28-16-21-11-13-30(18-21)23-7-5-4-6-8-23)29-17-22-10-9-20(2)15-25(22)32-24-12-14-31-19-24/h4-10,15,21,24H,3,11-14,16-19H2,1-2H3,(H2,27,28,29). The van der Waals surface area contributed by atoms with Crippen LogP contribution in [0.4, 0.5) is 5.69 Å². The van der Waals surface area contributed by atoms with Crippen LogP contribution >= 0.6 is 0 Å². The minimum atomic E-state index is 0.140. The first-order chi connectivity index (χ1) is 15.7. The van der Waals surface area contributed by atoms with Gasteiger partial charge in [0.25, 0.3) is 0 Å². The molecule has 172 valence electrons. The third-order valence-electron chi connectivity index (χ3n) is 6.12. The van der Waals surface area contributed by atoms with Gasteiger partial charge < -0.3 is 25.0 Å². The summed E-state index contributed by atoms with van der Waals surface area (Å²) in [5, 5.41) is 6.95. The maximum atomic E-state index is 6.23. The minimum absolute atomic E-state index is 0.140. The van der Waals surface area contributed by atoms with Crippen molar-refractivity contribution in [3.8, 4) is 5.75 Å². The molecule has 0 radical (unpaired) electrons. The average molecular weight is 437 g/mol. The molecule has 0 bridgehead atoms. The molecule has 0 saturated carbocycles. The van der Waals surface area contributed by atoms with E-state index < -0.39 is 0 Å². The molecule has 2 fully saturated rings. The van der Waals surface area contributed by atoms with Crippen molar-refractivity contribution in [1.82, 2.24) is 10.6 Å². The maximum absolute atomic E-state index is 6.23. The molecule has 2 N–H and O–H groups in total. The van der Waals surface area contributed by atoms with Gasteiger partial charge in [0.15, 0.2) is 5.96 Å². The summed E-state index contributed by atoms with van der Waals surface area (Å²) >= 11 is 0. The van der Waals surface area contributed by atoms with Crippen LogP contribution < -0.4 is 20.3 Å². The lowest BCUT2D eigenvalue weighted by molar-refractivity contribution is 0.140. The van der Waals surface area contributed by atoms with Crippen molar-refractivity contribution in [3.05, 3.63) is 59.7 Å². The van der Waals surface area contributed by atoms with E-state index in [9.17, 15) is 0 Å². The first-order valence-electron chi connectivity index (χ1n) is 11.9. The fourth-order valence-electron chi connectivity index (χ4n) is 4.31. The highest BCUT2D eigenvalue weighted by atomic mass is 16.5. The lowest BCUT2D eigenvalue weighted by Gasteiger charge is -2.19. The SMILES string of the molecule is CCNC(=NCc1ccc(C)cc1OC1CCOC1)NCC1CCN(c2ccccc2)C1. The van der Waals surface area contributed by atoms with E-state index in [0.717, 1.165) is 56.5 Å². The molecule has 32 heavy (non-hydrogen) atoms. The van der Waals surface area contributed by atoms with Crippen LogP contribution in [0.15, 0.2) is 53.5 Å². The van der Waals surface area contributed by atoms with Crippen molar-refractivity contribution in [3.63, 3.8) is 0 Å². The number of hydrogen-bond donors (Lipinski definition) is 2. The average Bonchev–Trinajstić information content (AvgIpc) is 3.50. The number of aryl methyl sites for hydroxylation is 1. The summed E-state index contributed by atoms with van der Waals surface area (Å²) in [6.45, 7) is 10.2. The van der Waals surface area contributed by atoms with Gasteiger partial charge >= 0.3 is 0 Å². The van der Waals surface area contributed by atoms with E-state index >= 15 is 0 Å². The third kappa shape index (κ3) is 6.16. The highest BCUT2D eigenvalue weighted by molar-refractivity contribution is 5.79. The van der Waals surface area contributed by atoms with Crippen LogP contribution in [0.25, 0.3) is 0 Å². The van der Waals surface area contributed by atoms with E-state index in [4.69, 9.17) is 14.5 Å². The van der Waals surface area contributed by atoms with Gasteiger partial charge in [-0.15, -0.1) is 0 Å². The Morgan fingerprint density at radius 1 is 1.16 bits per heavy atom. The lowest BCUT2D eigenvalue weighted by atomic mass is 10.1. The first-order valence-corrected chi connectivity index (χ1v) is 11.9. The second-order valence-electron chi connectivity index (χ2n) is 8.73. The van der Waals surface area contributed by atoms with Crippen molar-refractivity contribution in [1.29, 1.82) is 0 Å². The minimum Gasteiger partial charge on any atom is -0.488 e. The Balaban J connectivity index is 1.34. The number of hydrogen-bond acceptors (Lipinski definition) is 4. The number of benzene rings is 2. The lowest BCUT2D eigenvalue weighted by Crippen LogP contribution is -2.40. The van der Waals surface area contributed by atoms with Crippen molar-refractivity contribution < 1.29 is 9.47 Å². The zero-order valence-corrected chi connectivity index (χ0v) is 19.3. The van der Waals surface area contributed by atoms with E-state index in [1.165, 1.54) is 17.7 Å². The van der Waals surface area contributed by atoms with E-state index in [1.807, 2.05) is 0 Å². The third-order valence-corrected chi connectivity index (χ3v) is 6.12. The van der Waals surface area contributed by atoms with Crippen molar-refractivity contribution in [2.75, 3.05) is 44.3 Å². The molecule has 2 aromatic carbocycles. The van der Waals surface area contributed by atoms with E-state index in [2.05, 4.69) is 77.9 Å². The van der Waals surface area contributed by atoms with Gasteiger partial charge in [0, 0.05) is 43.9 Å². The molecule has 0 amide bonds. The number of aliphatic imine (C=N–C) groups is 1. The summed E-state index contributed by atoms with van der Waals surface area (Å²) in [5.74, 6) is 2.40. The largest absolute Gasteiger partial charge is 0.488 e. The van der Waals surface area contributed by atoms with E-state index in [0.29, 0.717) is 19.1 Å². The van der Waals surface area contributed by atoms with Crippen LogP contribution in [-0.4, -0.2) is 51.5 Å². The smallest absolute Gasteiger partial charge is 0.191 e. The summed E-state index contributed by atoms with van der Waals surface area (Å²) in [6.07, 6.45) is 2.28. The van der Waals surface area contributed by atoms with Crippen LogP contribution in [0, 0.1) is 12.8 Å². The Hall–Kier alpha value is -2.73. The quantitative estimate of drug-likeness (QED) is 0.488. The zero-order valence-electron chi connectivity index (χ0n) is 19.3. The van der Waals surface area contributed by atoms with Gasteiger partial charge in [0.1, 0.15) is 11.9 Å². The molecule has 2 aliphatic rings. The number of rotatable bonds is 8. The van der Waals surface area contributed by atoms with Crippen molar-refractivity contribution >= 4 is 11.6 Å². The molecule has 6 nitrogen and oxygen atoms in total. The molecule has 0 aliphatic carbocycles. The molecule has 2 heterocycles. The van der Waals surface area contributed by atoms with Gasteiger partial charge in [-0.05, 0) is 49.9 Å². The normalized spacial score (nSPS) is 21.1. The number of nitrogens with one attached hydrogen (secondary N) is 2. The summed E-state index contributed by atoms with van der Waals surface area (Å²) in [5.41, 5.74) is 3.62. The van der Waals surface area contributed by atoms with Gasteiger partial charge in [-0.3, -0.25) is 0 Å². The Labute approximate surface area is 192 Å². The van der Waals surface area contributed by atoms with Crippen LogP contribution in [-0.2, 0) is 11.3 Å². The van der Waals surface area contributed by atoms with Crippen LogP contribution in [0.1, 0.15) is 30.9 Å². The second kappa shape index (κ2) is 11.2. The van der Waals surface area contributed by atoms with Crippen molar-refractivity contribution in [2.24, 2.45) is 10.9 Å². The monoisotopic (exact) mass is 436 g/mol. The molecule has 2 aliphatic heterocycles. The Kier molecular flexibility index (Phi) is 7.88. The van der Waals surface area contributed by atoms with E-state index in [1.54, 1.807) is 0 Å². The molecule has 2 unspecified atom stereocenters. The second-order valence-corrected chi connectivity index (χ2v) is 8.73. The Morgan fingerprint density at radius 2 is 2.03 bits per heavy atom. The molecule has 2 aromatic rings. The molecule has 0 aromatic heterocycles. The topological polar surface area (TPSA) is 58.1 Å². The first kappa shape index (κ1) is 22.5. The van der Waals surface area contributed by atoms with Gasteiger partial charge in [0.05, 0.1) is 19.8 Å². The van der Waals surface area contributed by atoms with Crippen LogP contribution in [0.3, 0.4) is 0 Å². The van der Waals surface area contributed by atoms with Gasteiger partial charge in [-0.2, -0.15) is 0 Å². The maximum Gasteiger partial charge on any atom is 0.191 e. The number of guanidine groups is 1. The molecule has 2 atom stereocenters. The number of ether oxygens (including phenoxy) is 2. The number of para-hydroxylation sites is 1. The molecule has 2 saturated heterocycles. The van der Waals surface area contributed by atoms with Crippen LogP contribution in [0.2, 0.25) is 0 Å². The highest BCUT2D eigenvalue weighted by Gasteiger charge is 2.23. The Morgan fingerprint density at radius 3 is 2.81 bits per heavy atom. The van der Waals surface area contributed by atoms with Gasteiger partial charge in [0.2, 0.25) is 0 Å². The van der Waals surface area contributed by atoms with E-state index in [-0.39, 0.29) is 6.10 Å². The Bertz CT molecular complexity index is 881. The predicted molar refractivity (Wildman–Crippen MR) is 131 cm³/mol. The molecule has 4 rings (SSSR count). The fourth-order valence-corrected chi connectivity index (χ4v) is 4.31. The molecule has 6 heteroatoms. The van der Waals surface area contributed by atoms with Gasteiger partial charge in [-0.1, -0.05) is 30.3 Å². The highest BCUT2D eigenvalue weighted by Crippen LogP contribution is 2.25. The fraction of sp³-hybridized carbons (Fsp3) is 0.500. The van der Waals surface area contributed by atoms with Crippen LogP contribution in [0.5, 0.6) is 5.75 Å². The molecular formula is C26H36N4O2. The predicted octanol–water partition coefficient (Wildman–Crippen LogP) is 3.74. The number of anilines is 1. The summed E-state index contributed by atoms with van der Waals surface area (Å²) in [4.78, 5) is 7.33.